The number of carbonyl (C=O) groups is 1. The van der Waals surface area contributed by atoms with Gasteiger partial charge in [-0.1, -0.05) is 12.1 Å². The van der Waals surface area contributed by atoms with Crippen LogP contribution < -0.4 is 10.5 Å². The van der Waals surface area contributed by atoms with Crippen LogP contribution in [0.25, 0.3) is 0 Å². The Morgan fingerprint density at radius 3 is 2.50 bits per heavy atom. The minimum Gasteiger partial charge on any atom is -0.482 e. The lowest BCUT2D eigenvalue weighted by Gasteiger charge is -2.07. The van der Waals surface area contributed by atoms with E-state index in [4.69, 9.17) is 15.6 Å². The fraction of sp³-hybridized carbons (Fsp3) is 0.300. The molecule has 0 aliphatic heterocycles. The number of hydrogen-bond donors (Lipinski definition) is 2. The maximum Gasteiger partial charge on any atom is 0.341 e. The van der Waals surface area contributed by atoms with E-state index >= 15 is 0 Å². The summed E-state index contributed by atoms with van der Waals surface area (Å²) >= 11 is 0. The van der Waals surface area contributed by atoms with Crippen molar-refractivity contribution >= 4 is 5.97 Å². The van der Waals surface area contributed by atoms with Gasteiger partial charge in [-0.3, -0.25) is 0 Å². The van der Waals surface area contributed by atoms with Gasteiger partial charge in [0.25, 0.3) is 0 Å². The number of nitrogens with two attached hydrogens (primary N) is 1. The van der Waals surface area contributed by atoms with E-state index in [1.54, 1.807) is 12.1 Å². The molecule has 0 unspecified atom stereocenters. The van der Waals surface area contributed by atoms with Crippen molar-refractivity contribution in [1.82, 2.24) is 0 Å². The average Bonchev–Trinajstić information content (AvgIpc) is 2.15. The first-order valence-electron chi connectivity index (χ1n) is 4.29. The third-order valence-electron chi connectivity index (χ3n) is 1.77. The summed E-state index contributed by atoms with van der Waals surface area (Å²) in [7, 11) is 0. The van der Waals surface area contributed by atoms with E-state index in [1.807, 2.05) is 19.1 Å². The van der Waals surface area contributed by atoms with Gasteiger partial charge in [-0.25, -0.2) is 4.79 Å². The van der Waals surface area contributed by atoms with Crippen LogP contribution in [0.5, 0.6) is 5.75 Å². The summed E-state index contributed by atoms with van der Waals surface area (Å²) < 4.78 is 4.96. The highest BCUT2D eigenvalue weighted by molar-refractivity contribution is 5.68. The Kier molecular flexibility index (Phi) is 3.48. The molecule has 0 saturated carbocycles. The highest BCUT2D eigenvalue weighted by Gasteiger charge is 2.01. The molecule has 1 atom stereocenters. The Hall–Kier alpha value is -1.55. The zero-order valence-corrected chi connectivity index (χ0v) is 7.93. The summed E-state index contributed by atoms with van der Waals surface area (Å²) in [4.78, 5) is 10.2. The monoisotopic (exact) mass is 195 g/mol. The molecule has 0 fully saturated rings. The quantitative estimate of drug-likeness (QED) is 0.756. The first-order valence-corrected chi connectivity index (χ1v) is 4.29. The molecule has 1 aromatic carbocycles. The van der Waals surface area contributed by atoms with Crippen LogP contribution in [0.1, 0.15) is 18.5 Å². The van der Waals surface area contributed by atoms with Gasteiger partial charge in [0.1, 0.15) is 5.75 Å². The molecule has 0 aliphatic carbocycles. The van der Waals surface area contributed by atoms with Crippen LogP contribution >= 0.6 is 0 Å². The topological polar surface area (TPSA) is 72.5 Å². The minimum absolute atomic E-state index is 0.0245. The van der Waals surface area contributed by atoms with Crippen LogP contribution in [0.15, 0.2) is 24.3 Å². The van der Waals surface area contributed by atoms with Crippen molar-refractivity contribution in [3.63, 3.8) is 0 Å². The summed E-state index contributed by atoms with van der Waals surface area (Å²) in [6, 6.07) is 7.04. The molecular formula is C10H13NO3. The zero-order chi connectivity index (χ0) is 10.6. The maximum absolute atomic E-state index is 10.2. The first kappa shape index (κ1) is 10.5. The van der Waals surface area contributed by atoms with E-state index in [0.717, 1.165) is 5.56 Å². The zero-order valence-electron chi connectivity index (χ0n) is 7.93. The van der Waals surface area contributed by atoms with E-state index in [2.05, 4.69) is 0 Å². The summed E-state index contributed by atoms with van der Waals surface area (Å²) in [5.41, 5.74) is 6.64. The van der Waals surface area contributed by atoms with Gasteiger partial charge in [0.15, 0.2) is 6.61 Å². The van der Waals surface area contributed by atoms with E-state index in [9.17, 15) is 4.79 Å². The van der Waals surface area contributed by atoms with Gasteiger partial charge in [0.05, 0.1) is 0 Å². The predicted molar refractivity (Wildman–Crippen MR) is 52.2 cm³/mol. The average molecular weight is 195 g/mol. The summed E-state index contributed by atoms with van der Waals surface area (Å²) in [5.74, 6) is -0.446. The van der Waals surface area contributed by atoms with Crippen molar-refractivity contribution in [3.8, 4) is 5.75 Å². The highest BCUT2D eigenvalue weighted by atomic mass is 16.5. The number of rotatable bonds is 4. The fourth-order valence-corrected chi connectivity index (χ4v) is 1.01. The molecule has 4 heteroatoms. The highest BCUT2D eigenvalue weighted by Crippen LogP contribution is 2.15. The van der Waals surface area contributed by atoms with Gasteiger partial charge < -0.3 is 15.6 Å². The van der Waals surface area contributed by atoms with Crippen molar-refractivity contribution in [2.45, 2.75) is 13.0 Å². The molecular weight excluding hydrogens is 182 g/mol. The number of carboxylic acids is 1. The fourth-order valence-electron chi connectivity index (χ4n) is 1.01. The lowest BCUT2D eigenvalue weighted by Crippen LogP contribution is -2.09. The molecule has 0 aliphatic rings. The molecule has 4 nitrogen and oxygen atoms in total. The van der Waals surface area contributed by atoms with E-state index < -0.39 is 5.97 Å². The lowest BCUT2D eigenvalue weighted by molar-refractivity contribution is -0.139. The molecule has 0 radical (unpaired) electrons. The third-order valence-corrected chi connectivity index (χ3v) is 1.77. The van der Waals surface area contributed by atoms with Gasteiger partial charge in [0.2, 0.25) is 0 Å². The van der Waals surface area contributed by atoms with Crippen molar-refractivity contribution in [1.29, 1.82) is 0 Å². The van der Waals surface area contributed by atoms with Gasteiger partial charge in [-0.2, -0.15) is 0 Å². The second-order valence-corrected chi connectivity index (χ2v) is 3.04. The number of benzene rings is 1. The minimum atomic E-state index is -0.985. The molecule has 0 bridgehead atoms. The SMILES string of the molecule is C[C@H](N)c1ccc(OCC(=O)O)cc1. The molecule has 76 valence electrons. The molecule has 3 N–H and O–H groups in total. The van der Waals surface area contributed by atoms with Crippen molar-refractivity contribution in [2.24, 2.45) is 5.73 Å². The Labute approximate surface area is 82.3 Å². The molecule has 0 saturated heterocycles. The maximum atomic E-state index is 10.2. The normalized spacial score (nSPS) is 12.1. The van der Waals surface area contributed by atoms with E-state index in [-0.39, 0.29) is 12.6 Å². The van der Waals surface area contributed by atoms with Crippen molar-refractivity contribution in [2.75, 3.05) is 6.61 Å². The van der Waals surface area contributed by atoms with Gasteiger partial charge in [-0.15, -0.1) is 0 Å². The number of aliphatic carboxylic acids is 1. The van der Waals surface area contributed by atoms with E-state index in [0.29, 0.717) is 5.75 Å². The van der Waals surface area contributed by atoms with Gasteiger partial charge >= 0.3 is 5.97 Å². The summed E-state index contributed by atoms with van der Waals surface area (Å²) in [5, 5.41) is 8.37. The van der Waals surface area contributed by atoms with Crippen LogP contribution in [0.2, 0.25) is 0 Å². The van der Waals surface area contributed by atoms with Crippen LogP contribution in [0.4, 0.5) is 0 Å². The standard InChI is InChI=1S/C10H13NO3/c1-7(11)8-2-4-9(5-3-8)14-6-10(12)13/h2-5,7H,6,11H2,1H3,(H,12,13)/t7-/m0/s1. The molecule has 0 aromatic heterocycles. The second kappa shape index (κ2) is 4.62. The van der Waals surface area contributed by atoms with Gasteiger partial charge in [-0.05, 0) is 24.6 Å². The summed E-state index contributed by atoms with van der Waals surface area (Å²) in [6.07, 6.45) is 0. The molecule has 1 rings (SSSR count). The Balaban J connectivity index is 2.59. The molecule has 0 heterocycles. The van der Waals surface area contributed by atoms with Crippen LogP contribution in [-0.2, 0) is 4.79 Å². The van der Waals surface area contributed by atoms with Crippen molar-refractivity contribution in [3.05, 3.63) is 29.8 Å². The number of ether oxygens (including phenoxy) is 1. The smallest absolute Gasteiger partial charge is 0.341 e. The largest absolute Gasteiger partial charge is 0.482 e. The Bertz CT molecular complexity index is 306. The van der Waals surface area contributed by atoms with Crippen LogP contribution in [-0.4, -0.2) is 17.7 Å². The molecule has 0 amide bonds. The number of hydrogen-bond acceptors (Lipinski definition) is 3. The van der Waals surface area contributed by atoms with Crippen LogP contribution in [0, 0.1) is 0 Å². The Morgan fingerprint density at radius 2 is 2.07 bits per heavy atom. The number of carboxylic acid groups (broad SMARTS) is 1. The Morgan fingerprint density at radius 1 is 1.50 bits per heavy atom. The lowest BCUT2D eigenvalue weighted by atomic mass is 10.1. The molecule has 1 aromatic rings. The van der Waals surface area contributed by atoms with Crippen molar-refractivity contribution < 1.29 is 14.6 Å². The third kappa shape index (κ3) is 3.06. The predicted octanol–water partition coefficient (Wildman–Crippen LogP) is 1.17. The van der Waals surface area contributed by atoms with E-state index in [1.165, 1.54) is 0 Å². The van der Waals surface area contributed by atoms with Gasteiger partial charge in [0, 0.05) is 6.04 Å². The molecule has 14 heavy (non-hydrogen) atoms. The second-order valence-electron chi connectivity index (χ2n) is 3.04. The molecule has 0 spiro atoms. The summed E-state index contributed by atoms with van der Waals surface area (Å²) in [6.45, 7) is 1.56. The first-order chi connectivity index (χ1) is 6.59. The van der Waals surface area contributed by atoms with Crippen LogP contribution in [0.3, 0.4) is 0 Å².